The number of halogens is 2. The highest BCUT2D eigenvalue weighted by Crippen LogP contribution is 2.32. The van der Waals surface area contributed by atoms with Gasteiger partial charge in [-0.1, -0.05) is 83.9 Å². The minimum absolute atomic E-state index is 0.00217. The molecule has 6 nitrogen and oxygen atoms in total. The Morgan fingerprint density at radius 2 is 1.30 bits per heavy atom. The van der Waals surface area contributed by atoms with Crippen molar-refractivity contribution < 1.29 is 14.4 Å². The maximum Gasteiger partial charge on any atom is 0.272 e. The predicted molar refractivity (Wildman–Crippen MR) is 189 cm³/mol. The number of nitrogens with zero attached hydrogens (tertiary/aromatic N) is 1. The quantitative estimate of drug-likeness (QED) is 0.115. The maximum atomic E-state index is 13.7. The molecule has 0 aromatic heterocycles. The summed E-state index contributed by atoms with van der Waals surface area (Å²) in [7, 11) is 0. The van der Waals surface area contributed by atoms with Gasteiger partial charge in [-0.25, -0.2) is 0 Å². The number of benzene rings is 5. The van der Waals surface area contributed by atoms with Crippen molar-refractivity contribution in [2.24, 2.45) is 0 Å². The van der Waals surface area contributed by atoms with Crippen LogP contribution in [-0.2, 0) is 9.59 Å². The third-order valence-electron chi connectivity index (χ3n) is 6.81. The Bertz CT molecular complexity index is 1810. The molecule has 0 radical (unpaired) electrons. The lowest BCUT2D eigenvalue weighted by molar-refractivity contribution is -0.117. The Morgan fingerprint density at radius 1 is 0.739 bits per heavy atom. The molecule has 5 aromatic carbocycles. The monoisotopic (exact) mass is 665 g/mol. The molecule has 9 heteroatoms. The van der Waals surface area contributed by atoms with Gasteiger partial charge in [0.15, 0.2) is 0 Å². The highest BCUT2D eigenvalue weighted by Gasteiger charge is 2.24. The average Bonchev–Trinajstić information content (AvgIpc) is 3.07. The summed E-state index contributed by atoms with van der Waals surface area (Å²) in [6.45, 7) is 1.87. The van der Waals surface area contributed by atoms with Crippen LogP contribution >= 0.6 is 35.0 Å². The zero-order valence-electron chi connectivity index (χ0n) is 24.7. The van der Waals surface area contributed by atoms with Crippen molar-refractivity contribution in [2.45, 2.75) is 17.1 Å². The van der Waals surface area contributed by atoms with Gasteiger partial charge in [-0.3, -0.25) is 19.3 Å². The number of amides is 3. The lowest BCUT2D eigenvalue weighted by Crippen LogP contribution is -2.32. The molecule has 0 aliphatic heterocycles. The molecular formula is C37H29Cl2N3O3S. The third kappa shape index (κ3) is 8.46. The molecule has 5 aromatic rings. The van der Waals surface area contributed by atoms with E-state index in [4.69, 9.17) is 23.2 Å². The number of carbonyl (C=O) groups is 3. The summed E-state index contributed by atoms with van der Waals surface area (Å²) < 4.78 is 0. The van der Waals surface area contributed by atoms with E-state index in [2.05, 4.69) is 10.6 Å². The van der Waals surface area contributed by atoms with Gasteiger partial charge >= 0.3 is 0 Å². The second kappa shape index (κ2) is 15.5. The fourth-order valence-corrected chi connectivity index (χ4v) is 5.90. The Labute approximate surface area is 282 Å². The summed E-state index contributed by atoms with van der Waals surface area (Å²) in [5, 5.41) is 5.91. The summed E-state index contributed by atoms with van der Waals surface area (Å²) in [5.41, 5.74) is 2.98. The molecule has 0 aliphatic carbocycles. The lowest BCUT2D eigenvalue weighted by atomic mass is 10.1. The number of anilines is 3. The Morgan fingerprint density at radius 3 is 1.87 bits per heavy atom. The fourth-order valence-electron chi connectivity index (χ4n) is 4.53. The summed E-state index contributed by atoms with van der Waals surface area (Å²) in [5.74, 6) is -1.05. The molecule has 0 heterocycles. The van der Waals surface area contributed by atoms with Crippen LogP contribution in [0.4, 0.5) is 17.1 Å². The SMILES string of the molecule is CC(Sc1ccc(NC(=O)/C(=C/c2ccc(Cl)cc2Cl)NC(=O)c2ccccc2)cc1)C(=O)N(c1ccccc1)c1ccccc1. The van der Waals surface area contributed by atoms with E-state index in [9.17, 15) is 14.4 Å². The predicted octanol–water partition coefficient (Wildman–Crippen LogP) is 9.25. The van der Waals surface area contributed by atoms with Crippen LogP contribution < -0.4 is 15.5 Å². The molecule has 0 aliphatic rings. The van der Waals surface area contributed by atoms with Gasteiger partial charge in [0.1, 0.15) is 5.70 Å². The van der Waals surface area contributed by atoms with Gasteiger partial charge in [-0.2, -0.15) is 0 Å². The zero-order chi connectivity index (χ0) is 32.5. The Balaban J connectivity index is 1.31. The van der Waals surface area contributed by atoms with E-state index in [-0.39, 0.29) is 11.6 Å². The normalized spacial score (nSPS) is 11.8. The molecule has 0 fully saturated rings. The van der Waals surface area contributed by atoms with Crippen LogP contribution in [-0.4, -0.2) is 23.0 Å². The number of hydrogen-bond donors (Lipinski definition) is 2. The van der Waals surface area contributed by atoms with E-state index >= 15 is 0 Å². The number of carbonyl (C=O) groups excluding carboxylic acids is 3. The minimum Gasteiger partial charge on any atom is -0.321 e. The lowest BCUT2D eigenvalue weighted by Gasteiger charge is -2.26. The smallest absolute Gasteiger partial charge is 0.272 e. The first kappa shape index (κ1) is 32.6. The van der Waals surface area contributed by atoms with Crippen LogP contribution in [0, 0.1) is 0 Å². The number of rotatable bonds is 10. The van der Waals surface area contributed by atoms with Gasteiger partial charge in [-0.05, 0) is 91.4 Å². The number of nitrogens with one attached hydrogen (secondary N) is 2. The van der Waals surface area contributed by atoms with Gasteiger partial charge in [0.25, 0.3) is 11.8 Å². The van der Waals surface area contributed by atoms with Crippen LogP contribution in [0.5, 0.6) is 0 Å². The molecular weight excluding hydrogens is 637 g/mol. The third-order valence-corrected chi connectivity index (χ3v) is 8.48. The molecule has 2 N–H and O–H groups in total. The molecule has 0 bridgehead atoms. The van der Waals surface area contributed by atoms with E-state index < -0.39 is 17.1 Å². The van der Waals surface area contributed by atoms with Crippen molar-refractivity contribution in [1.82, 2.24) is 5.32 Å². The molecule has 1 unspecified atom stereocenters. The molecule has 1 atom stereocenters. The van der Waals surface area contributed by atoms with E-state index in [0.717, 1.165) is 16.3 Å². The molecule has 230 valence electrons. The average molecular weight is 667 g/mol. The van der Waals surface area contributed by atoms with Gasteiger partial charge < -0.3 is 10.6 Å². The minimum atomic E-state index is -0.541. The summed E-state index contributed by atoms with van der Waals surface area (Å²) in [6, 6.07) is 39.7. The summed E-state index contributed by atoms with van der Waals surface area (Å²) in [4.78, 5) is 42.7. The first-order valence-electron chi connectivity index (χ1n) is 14.3. The van der Waals surface area contributed by atoms with Gasteiger partial charge in [0.2, 0.25) is 5.91 Å². The number of thioether (sulfide) groups is 1. The van der Waals surface area contributed by atoms with Crippen molar-refractivity contribution in [2.75, 3.05) is 10.2 Å². The van der Waals surface area contributed by atoms with E-state index in [1.807, 2.05) is 79.7 Å². The van der Waals surface area contributed by atoms with E-state index in [1.54, 1.807) is 65.6 Å². The first-order valence-corrected chi connectivity index (χ1v) is 16.0. The van der Waals surface area contributed by atoms with E-state index in [0.29, 0.717) is 26.9 Å². The largest absolute Gasteiger partial charge is 0.321 e. The first-order chi connectivity index (χ1) is 22.3. The van der Waals surface area contributed by atoms with Crippen molar-refractivity contribution >= 4 is 75.8 Å². The van der Waals surface area contributed by atoms with Crippen molar-refractivity contribution in [1.29, 1.82) is 0 Å². The van der Waals surface area contributed by atoms with Gasteiger partial charge in [0, 0.05) is 37.6 Å². The highest BCUT2D eigenvalue weighted by molar-refractivity contribution is 8.00. The molecule has 46 heavy (non-hydrogen) atoms. The number of hydrogen-bond acceptors (Lipinski definition) is 4. The van der Waals surface area contributed by atoms with Crippen LogP contribution in [0.2, 0.25) is 10.0 Å². The van der Waals surface area contributed by atoms with Crippen molar-refractivity contribution in [3.8, 4) is 0 Å². The molecule has 0 spiro atoms. The Hall–Kier alpha value is -4.82. The number of para-hydroxylation sites is 2. The molecule has 0 saturated heterocycles. The molecule has 0 saturated carbocycles. The highest BCUT2D eigenvalue weighted by atomic mass is 35.5. The van der Waals surface area contributed by atoms with Gasteiger partial charge in [0.05, 0.1) is 5.25 Å². The Kier molecular flexibility index (Phi) is 10.9. The molecule has 5 rings (SSSR count). The van der Waals surface area contributed by atoms with Crippen LogP contribution in [0.3, 0.4) is 0 Å². The van der Waals surface area contributed by atoms with Crippen LogP contribution in [0.1, 0.15) is 22.8 Å². The van der Waals surface area contributed by atoms with Gasteiger partial charge in [-0.15, -0.1) is 11.8 Å². The summed E-state index contributed by atoms with van der Waals surface area (Å²) >= 11 is 13.8. The van der Waals surface area contributed by atoms with Crippen LogP contribution in [0.15, 0.2) is 144 Å². The molecule has 3 amide bonds. The fraction of sp³-hybridized carbons (Fsp3) is 0.0541. The van der Waals surface area contributed by atoms with Crippen molar-refractivity contribution in [3.05, 3.63) is 160 Å². The van der Waals surface area contributed by atoms with Crippen LogP contribution in [0.25, 0.3) is 6.08 Å². The standard InChI is InChI=1S/C37H29Cl2N3O3S/c1-25(37(45)42(30-13-7-3-8-14-30)31-15-9-4-10-16-31)46-32-21-19-29(20-22-32)40-36(44)34(23-27-17-18-28(38)24-33(27)39)41-35(43)26-11-5-2-6-12-26/h2-25H,1H3,(H,40,44)(H,41,43)/b34-23-. The second-order valence-electron chi connectivity index (χ2n) is 10.1. The topological polar surface area (TPSA) is 78.5 Å². The maximum absolute atomic E-state index is 13.7. The zero-order valence-corrected chi connectivity index (χ0v) is 27.0. The van der Waals surface area contributed by atoms with Crippen molar-refractivity contribution in [3.63, 3.8) is 0 Å². The van der Waals surface area contributed by atoms with E-state index in [1.165, 1.54) is 17.8 Å². The summed E-state index contributed by atoms with van der Waals surface area (Å²) in [6.07, 6.45) is 1.50. The second-order valence-corrected chi connectivity index (χ2v) is 12.4.